The fourth-order valence-corrected chi connectivity index (χ4v) is 4.67. The number of nitrogens with zero attached hydrogens (tertiary/aromatic N) is 2. The van der Waals surface area contributed by atoms with E-state index in [-0.39, 0.29) is 29.8 Å². The quantitative estimate of drug-likeness (QED) is 0.540. The normalized spacial score (nSPS) is 17.4. The number of carbonyl (C=O) groups is 3. The van der Waals surface area contributed by atoms with Gasteiger partial charge in [0.05, 0.1) is 12.0 Å². The van der Waals surface area contributed by atoms with Crippen LogP contribution in [0.5, 0.6) is 11.5 Å². The van der Waals surface area contributed by atoms with Crippen molar-refractivity contribution in [2.24, 2.45) is 0 Å². The van der Waals surface area contributed by atoms with E-state index in [0.717, 1.165) is 35.9 Å². The molecule has 0 saturated carbocycles. The largest absolute Gasteiger partial charge is 0.493 e. The van der Waals surface area contributed by atoms with Crippen LogP contribution in [0.25, 0.3) is 6.08 Å². The Bertz CT molecular complexity index is 1130. The maximum atomic E-state index is 13.9. The second kappa shape index (κ2) is 10.7. The molecule has 4 rings (SSSR count). The van der Waals surface area contributed by atoms with Crippen LogP contribution in [0, 0.1) is 5.82 Å². The molecule has 2 aliphatic rings. The van der Waals surface area contributed by atoms with E-state index in [4.69, 9.17) is 9.47 Å². The summed E-state index contributed by atoms with van der Waals surface area (Å²) in [5.74, 6) is -0.250. The Morgan fingerprint density at radius 3 is 2.59 bits per heavy atom. The van der Waals surface area contributed by atoms with Gasteiger partial charge in [0.15, 0.2) is 11.5 Å². The lowest BCUT2D eigenvalue weighted by Gasteiger charge is -2.27. The Kier molecular flexibility index (Phi) is 7.52. The Labute approximate surface area is 201 Å². The van der Waals surface area contributed by atoms with E-state index in [2.05, 4.69) is 0 Å². The third-order valence-corrected chi connectivity index (χ3v) is 6.61. The molecule has 0 unspecified atom stereocenters. The van der Waals surface area contributed by atoms with Crippen LogP contribution in [-0.2, 0) is 16.2 Å². The number of amides is 3. The molecule has 0 N–H and O–H groups in total. The predicted molar refractivity (Wildman–Crippen MR) is 127 cm³/mol. The molecule has 2 saturated heterocycles. The number of hydrogen-bond donors (Lipinski definition) is 0. The first kappa shape index (κ1) is 23.8. The van der Waals surface area contributed by atoms with Gasteiger partial charge in [0, 0.05) is 18.7 Å². The van der Waals surface area contributed by atoms with E-state index < -0.39 is 11.1 Å². The molecule has 34 heavy (non-hydrogen) atoms. The summed E-state index contributed by atoms with van der Waals surface area (Å²) in [4.78, 5) is 40.7. The molecule has 2 heterocycles. The third kappa shape index (κ3) is 5.41. The summed E-state index contributed by atoms with van der Waals surface area (Å²) in [7, 11) is 1.50. The highest BCUT2D eigenvalue weighted by molar-refractivity contribution is 8.18. The Morgan fingerprint density at radius 1 is 1.09 bits per heavy atom. The minimum atomic E-state index is -0.495. The van der Waals surface area contributed by atoms with Crippen molar-refractivity contribution in [2.45, 2.75) is 25.9 Å². The molecule has 0 aliphatic carbocycles. The van der Waals surface area contributed by atoms with E-state index in [9.17, 15) is 18.8 Å². The fraction of sp³-hybridized carbons (Fsp3) is 0.320. The molecule has 178 valence electrons. The summed E-state index contributed by atoms with van der Waals surface area (Å²) in [5.41, 5.74) is 1.01. The molecular weight excluding hydrogens is 459 g/mol. The monoisotopic (exact) mass is 484 g/mol. The molecule has 2 aromatic rings. The van der Waals surface area contributed by atoms with Crippen LogP contribution in [0.15, 0.2) is 47.4 Å². The van der Waals surface area contributed by atoms with Gasteiger partial charge >= 0.3 is 0 Å². The van der Waals surface area contributed by atoms with E-state index in [0.29, 0.717) is 35.7 Å². The van der Waals surface area contributed by atoms with Gasteiger partial charge in [-0.05, 0) is 60.9 Å². The van der Waals surface area contributed by atoms with E-state index in [1.54, 1.807) is 47.4 Å². The first-order chi connectivity index (χ1) is 16.5. The minimum absolute atomic E-state index is 0.00160. The average Bonchev–Trinajstić information content (AvgIpc) is 3.11. The van der Waals surface area contributed by atoms with Crippen LogP contribution in [0.3, 0.4) is 0 Å². The molecule has 0 radical (unpaired) electrons. The van der Waals surface area contributed by atoms with E-state index >= 15 is 0 Å². The van der Waals surface area contributed by atoms with Gasteiger partial charge in [0.2, 0.25) is 5.91 Å². The zero-order valence-corrected chi connectivity index (χ0v) is 19.6. The van der Waals surface area contributed by atoms with Crippen molar-refractivity contribution in [3.63, 3.8) is 0 Å². The number of ether oxygens (including phenoxy) is 2. The van der Waals surface area contributed by atoms with Crippen LogP contribution in [0.4, 0.5) is 9.18 Å². The van der Waals surface area contributed by atoms with Crippen LogP contribution in [0.2, 0.25) is 0 Å². The predicted octanol–water partition coefficient (Wildman–Crippen LogP) is 4.46. The van der Waals surface area contributed by atoms with Gasteiger partial charge in [-0.15, -0.1) is 0 Å². The molecule has 2 aromatic carbocycles. The average molecular weight is 485 g/mol. The molecule has 7 nitrogen and oxygen atoms in total. The SMILES string of the molecule is COc1ccc(/C=C2\SC(=O)N(CC(=O)N3CCCCC3)C2=O)cc1OCc1ccccc1F. The van der Waals surface area contributed by atoms with Gasteiger partial charge < -0.3 is 14.4 Å². The third-order valence-electron chi connectivity index (χ3n) is 5.70. The van der Waals surface area contributed by atoms with Crippen molar-refractivity contribution in [1.29, 1.82) is 0 Å². The number of thioether (sulfide) groups is 1. The summed E-state index contributed by atoms with van der Waals surface area (Å²) in [6.07, 6.45) is 4.53. The molecule has 0 atom stereocenters. The number of hydrogen-bond acceptors (Lipinski definition) is 6. The van der Waals surface area contributed by atoms with Crippen LogP contribution in [0.1, 0.15) is 30.4 Å². The number of rotatable bonds is 7. The van der Waals surface area contributed by atoms with Crippen molar-refractivity contribution in [2.75, 3.05) is 26.7 Å². The van der Waals surface area contributed by atoms with E-state index in [1.807, 2.05) is 0 Å². The van der Waals surface area contributed by atoms with Gasteiger partial charge in [0.1, 0.15) is 19.0 Å². The molecular formula is C25H25FN2O5S. The van der Waals surface area contributed by atoms with Gasteiger partial charge in [0.25, 0.3) is 11.1 Å². The van der Waals surface area contributed by atoms with E-state index in [1.165, 1.54) is 13.2 Å². The standard InChI is InChI=1S/C25H25FN2O5S/c1-32-20-10-9-17(13-21(20)33-16-18-7-3-4-8-19(18)26)14-22-24(30)28(25(31)34-22)15-23(29)27-11-5-2-6-12-27/h3-4,7-10,13-14H,2,5-6,11-12,15-16H2,1H3/b22-14-. The lowest BCUT2D eigenvalue weighted by molar-refractivity contribution is -0.136. The number of halogens is 1. The number of benzene rings is 2. The summed E-state index contributed by atoms with van der Waals surface area (Å²) in [6, 6.07) is 11.4. The second-order valence-corrected chi connectivity index (χ2v) is 8.99. The van der Waals surface area contributed by atoms with Crippen molar-refractivity contribution in [1.82, 2.24) is 9.80 Å². The van der Waals surface area contributed by atoms with Gasteiger partial charge in [-0.1, -0.05) is 24.3 Å². The Morgan fingerprint density at radius 2 is 1.85 bits per heavy atom. The van der Waals surface area contributed by atoms with Crippen LogP contribution in [-0.4, -0.2) is 53.6 Å². The van der Waals surface area contributed by atoms with Crippen LogP contribution >= 0.6 is 11.8 Å². The highest BCUT2D eigenvalue weighted by Gasteiger charge is 2.37. The summed E-state index contributed by atoms with van der Waals surface area (Å²) in [6.45, 7) is 1.07. The number of carbonyl (C=O) groups excluding carboxylic acids is 3. The first-order valence-electron chi connectivity index (χ1n) is 11.0. The number of piperidine rings is 1. The van der Waals surface area contributed by atoms with Crippen molar-refractivity contribution in [3.8, 4) is 11.5 Å². The maximum absolute atomic E-state index is 13.9. The minimum Gasteiger partial charge on any atom is -0.493 e. The zero-order chi connectivity index (χ0) is 24.1. The molecule has 0 aromatic heterocycles. The smallest absolute Gasteiger partial charge is 0.294 e. The van der Waals surface area contributed by atoms with Crippen molar-refractivity contribution < 1.29 is 28.2 Å². The van der Waals surface area contributed by atoms with Crippen LogP contribution < -0.4 is 9.47 Å². The summed E-state index contributed by atoms with van der Waals surface area (Å²) >= 11 is 0.799. The Balaban J connectivity index is 1.48. The second-order valence-electron chi connectivity index (χ2n) is 8.00. The van der Waals surface area contributed by atoms with Gasteiger partial charge in [-0.2, -0.15) is 0 Å². The molecule has 0 bridgehead atoms. The number of imide groups is 1. The number of methoxy groups -OCH3 is 1. The molecule has 9 heteroatoms. The molecule has 3 amide bonds. The van der Waals surface area contributed by atoms with Gasteiger partial charge in [-0.25, -0.2) is 4.39 Å². The fourth-order valence-electron chi connectivity index (χ4n) is 3.83. The molecule has 2 fully saturated rings. The van der Waals surface area contributed by atoms with Crippen molar-refractivity contribution >= 4 is 34.9 Å². The zero-order valence-electron chi connectivity index (χ0n) is 18.8. The maximum Gasteiger partial charge on any atom is 0.294 e. The highest BCUT2D eigenvalue weighted by atomic mass is 32.2. The highest BCUT2D eigenvalue weighted by Crippen LogP contribution is 2.35. The summed E-state index contributed by atoms with van der Waals surface area (Å²) in [5, 5.41) is -0.467. The lowest BCUT2D eigenvalue weighted by atomic mass is 10.1. The van der Waals surface area contributed by atoms with Crippen molar-refractivity contribution in [3.05, 3.63) is 64.3 Å². The lowest BCUT2D eigenvalue weighted by Crippen LogP contribution is -2.44. The topological polar surface area (TPSA) is 76.2 Å². The Hall–Kier alpha value is -3.33. The molecule has 0 spiro atoms. The van der Waals surface area contributed by atoms with Gasteiger partial charge in [-0.3, -0.25) is 19.3 Å². The first-order valence-corrected chi connectivity index (χ1v) is 11.9. The summed E-state index contributed by atoms with van der Waals surface area (Å²) < 4.78 is 25.0. The molecule has 2 aliphatic heterocycles. The number of likely N-dealkylation sites (tertiary alicyclic amines) is 1.